The molecule has 1 saturated heterocycles. The Morgan fingerprint density at radius 1 is 1.07 bits per heavy atom. The Hall–Kier alpha value is -2.17. The quantitative estimate of drug-likeness (QED) is 0.389. The predicted octanol–water partition coefficient (Wildman–Crippen LogP) is 4.97. The van der Waals surface area contributed by atoms with Crippen molar-refractivity contribution in [3.8, 4) is 5.75 Å². The number of methoxy groups -OCH3 is 1. The summed E-state index contributed by atoms with van der Waals surface area (Å²) in [6, 6.07) is 12.0. The number of amides is 1. The number of carbonyl (C=O) groups is 1. The average Bonchev–Trinajstić information content (AvgIpc) is 3.42. The zero-order valence-corrected chi connectivity index (χ0v) is 26.4. The summed E-state index contributed by atoms with van der Waals surface area (Å²) >= 11 is 6.10. The molecule has 1 saturated carbocycles. The standard InChI is InChI=1S/C31H44ClN3O5S/c1-21-16-28(39-5)17-22(2)31(21)41(37,38)35-15-14-27(19-35)40-20-29(36)33-18-23-6-8-24(9-7-23)30(34(3)4)25-10-12-26(32)13-11-25/h10-13,16-17,23-24,27,30H,6-9,14-15,18-20H2,1-5H3,(H,33,36). The maximum absolute atomic E-state index is 13.4. The molecule has 41 heavy (non-hydrogen) atoms. The second kappa shape index (κ2) is 13.9. The number of halogens is 1. The van der Waals surface area contributed by atoms with Gasteiger partial charge in [0.15, 0.2) is 0 Å². The fourth-order valence-electron chi connectivity index (χ4n) is 6.48. The lowest BCUT2D eigenvalue weighted by Gasteiger charge is -2.37. The van der Waals surface area contributed by atoms with Gasteiger partial charge in [-0.3, -0.25) is 4.79 Å². The first-order valence-corrected chi connectivity index (χ1v) is 16.3. The Labute approximate surface area is 250 Å². The summed E-state index contributed by atoms with van der Waals surface area (Å²) in [5.74, 6) is 1.50. The second-order valence-corrected chi connectivity index (χ2v) is 14.0. The molecule has 1 amide bonds. The molecular weight excluding hydrogens is 562 g/mol. The molecule has 8 nitrogen and oxygen atoms in total. The van der Waals surface area contributed by atoms with E-state index >= 15 is 0 Å². The number of hydrogen-bond acceptors (Lipinski definition) is 6. The third-order valence-electron chi connectivity index (χ3n) is 8.52. The number of nitrogens with one attached hydrogen (secondary N) is 1. The minimum Gasteiger partial charge on any atom is -0.497 e. The van der Waals surface area contributed by atoms with Crippen molar-refractivity contribution in [2.75, 3.05) is 47.4 Å². The van der Waals surface area contributed by atoms with Crippen molar-refractivity contribution in [2.45, 2.75) is 63.0 Å². The van der Waals surface area contributed by atoms with Crippen molar-refractivity contribution >= 4 is 27.5 Å². The third kappa shape index (κ3) is 7.82. The molecule has 2 unspecified atom stereocenters. The van der Waals surface area contributed by atoms with Crippen molar-refractivity contribution in [3.63, 3.8) is 0 Å². The van der Waals surface area contributed by atoms with E-state index in [0.29, 0.717) is 59.2 Å². The van der Waals surface area contributed by atoms with Crippen LogP contribution in [0.25, 0.3) is 0 Å². The molecule has 2 aromatic carbocycles. The molecule has 1 heterocycles. The molecule has 0 aromatic heterocycles. The van der Waals surface area contributed by atoms with E-state index in [1.54, 1.807) is 33.1 Å². The van der Waals surface area contributed by atoms with Gasteiger partial charge < -0.3 is 19.7 Å². The van der Waals surface area contributed by atoms with Crippen molar-refractivity contribution in [3.05, 3.63) is 58.1 Å². The molecule has 2 atom stereocenters. The number of hydrogen-bond donors (Lipinski definition) is 1. The Kier molecular flexibility index (Phi) is 10.7. The highest BCUT2D eigenvalue weighted by Crippen LogP contribution is 2.39. The van der Waals surface area contributed by atoms with E-state index in [-0.39, 0.29) is 25.2 Å². The largest absolute Gasteiger partial charge is 0.497 e. The van der Waals surface area contributed by atoms with Crippen LogP contribution in [0.5, 0.6) is 5.75 Å². The molecule has 2 aliphatic rings. The van der Waals surface area contributed by atoms with Gasteiger partial charge in [0.2, 0.25) is 15.9 Å². The van der Waals surface area contributed by atoms with Crippen LogP contribution < -0.4 is 10.1 Å². The highest BCUT2D eigenvalue weighted by Gasteiger charge is 2.35. The summed E-state index contributed by atoms with van der Waals surface area (Å²) in [6.07, 6.45) is 4.63. The highest BCUT2D eigenvalue weighted by molar-refractivity contribution is 7.89. The van der Waals surface area contributed by atoms with Crippen molar-refractivity contribution in [1.82, 2.24) is 14.5 Å². The molecule has 226 valence electrons. The molecule has 0 bridgehead atoms. The zero-order chi connectivity index (χ0) is 29.7. The molecule has 2 fully saturated rings. The van der Waals surface area contributed by atoms with Gasteiger partial charge >= 0.3 is 0 Å². The summed E-state index contributed by atoms with van der Waals surface area (Å²) in [5.41, 5.74) is 2.60. The first-order valence-electron chi connectivity index (χ1n) is 14.4. The van der Waals surface area contributed by atoms with Crippen LogP contribution in [0.1, 0.15) is 54.8 Å². The SMILES string of the molecule is COc1cc(C)c(S(=O)(=O)N2CCC(OCC(=O)NCC3CCC(C(c4ccc(Cl)cc4)N(C)C)CC3)C2)c(C)c1. The number of nitrogens with zero attached hydrogens (tertiary/aromatic N) is 2. The van der Waals surface area contributed by atoms with Gasteiger partial charge in [0.1, 0.15) is 12.4 Å². The second-order valence-electron chi connectivity index (χ2n) is 11.7. The fraction of sp³-hybridized carbons (Fsp3) is 0.581. The summed E-state index contributed by atoms with van der Waals surface area (Å²) in [4.78, 5) is 15.2. The molecular formula is C31H44ClN3O5S. The van der Waals surface area contributed by atoms with Crippen LogP contribution in [-0.2, 0) is 19.6 Å². The maximum atomic E-state index is 13.4. The number of benzene rings is 2. The molecule has 10 heteroatoms. The summed E-state index contributed by atoms with van der Waals surface area (Å²) < 4.78 is 39.3. The molecule has 2 aromatic rings. The van der Waals surface area contributed by atoms with Crippen LogP contribution in [-0.4, -0.2) is 77.1 Å². The predicted molar refractivity (Wildman–Crippen MR) is 162 cm³/mol. The minimum atomic E-state index is -3.67. The van der Waals surface area contributed by atoms with Gasteiger partial charge in [-0.15, -0.1) is 0 Å². The third-order valence-corrected chi connectivity index (χ3v) is 10.9. The van der Waals surface area contributed by atoms with E-state index < -0.39 is 10.0 Å². The van der Waals surface area contributed by atoms with E-state index in [4.69, 9.17) is 21.1 Å². The van der Waals surface area contributed by atoms with E-state index in [0.717, 1.165) is 30.7 Å². The van der Waals surface area contributed by atoms with Crippen molar-refractivity contribution in [1.29, 1.82) is 0 Å². The number of carbonyl (C=O) groups excluding carboxylic acids is 1. The van der Waals surface area contributed by atoms with E-state index in [1.165, 1.54) is 9.87 Å². The van der Waals surface area contributed by atoms with Crippen LogP contribution in [0.2, 0.25) is 5.02 Å². The van der Waals surface area contributed by atoms with Gasteiger partial charge in [-0.25, -0.2) is 8.42 Å². The van der Waals surface area contributed by atoms with Gasteiger partial charge in [0.05, 0.1) is 18.1 Å². The van der Waals surface area contributed by atoms with Gasteiger partial charge in [-0.2, -0.15) is 4.31 Å². The van der Waals surface area contributed by atoms with Gasteiger partial charge in [-0.05, 0) is 113 Å². The first-order chi connectivity index (χ1) is 19.5. The van der Waals surface area contributed by atoms with Gasteiger partial charge in [0.25, 0.3) is 0 Å². The number of ether oxygens (including phenoxy) is 2. The smallest absolute Gasteiger partial charge is 0.246 e. The maximum Gasteiger partial charge on any atom is 0.246 e. The van der Waals surface area contributed by atoms with Crippen LogP contribution in [0.15, 0.2) is 41.3 Å². The Bertz CT molecular complexity index is 1270. The summed E-state index contributed by atoms with van der Waals surface area (Å²) in [5, 5.41) is 3.79. The number of rotatable bonds is 11. The number of sulfonamides is 1. The topological polar surface area (TPSA) is 88.2 Å². The highest BCUT2D eigenvalue weighted by atomic mass is 35.5. The molecule has 1 N–H and O–H groups in total. The number of aryl methyl sites for hydroxylation is 2. The monoisotopic (exact) mass is 605 g/mol. The first kappa shape index (κ1) is 31.8. The van der Waals surface area contributed by atoms with E-state index in [9.17, 15) is 13.2 Å². The van der Waals surface area contributed by atoms with Crippen molar-refractivity contribution < 1.29 is 22.7 Å². The Balaban J connectivity index is 1.20. The molecule has 4 rings (SSSR count). The lowest BCUT2D eigenvalue weighted by molar-refractivity contribution is -0.127. The summed E-state index contributed by atoms with van der Waals surface area (Å²) in [7, 11) is 2.16. The van der Waals surface area contributed by atoms with Crippen molar-refractivity contribution in [2.24, 2.45) is 11.8 Å². The van der Waals surface area contributed by atoms with E-state index in [2.05, 4.69) is 36.4 Å². The van der Waals surface area contributed by atoms with Crippen LogP contribution in [0.3, 0.4) is 0 Å². The molecule has 1 aliphatic carbocycles. The van der Waals surface area contributed by atoms with Gasteiger partial charge in [-0.1, -0.05) is 23.7 Å². The molecule has 1 aliphatic heterocycles. The van der Waals surface area contributed by atoms with E-state index in [1.807, 2.05) is 12.1 Å². The average molecular weight is 606 g/mol. The lowest BCUT2D eigenvalue weighted by Crippen LogP contribution is -2.37. The van der Waals surface area contributed by atoms with Crippen LogP contribution in [0.4, 0.5) is 0 Å². The lowest BCUT2D eigenvalue weighted by atomic mass is 9.76. The fourth-order valence-corrected chi connectivity index (χ4v) is 8.50. The molecule has 0 spiro atoms. The molecule has 0 radical (unpaired) electrons. The Morgan fingerprint density at radius 2 is 1.71 bits per heavy atom. The summed E-state index contributed by atoms with van der Waals surface area (Å²) in [6.45, 7) is 4.75. The normalized spacial score (nSPS) is 22.6. The van der Waals surface area contributed by atoms with Crippen LogP contribution >= 0.6 is 11.6 Å². The minimum absolute atomic E-state index is 0.0617. The van der Waals surface area contributed by atoms with Crippen LogP contribution in [0, 0.1) is 25.7 Å². The van der Waals surface area contributed by atoms with Gasteiger partial charge in [0, 0.05) is 30.7 Å². The zero-order valence-electron chi connectivity index (χ0n) is 24.9. The Morgan fingerprint density at radius 3 is 2.29 bits per heavy atom.